The van der Waals surface area contributed by atoms with Crippen LogP contribution >= 0.6 is 34.0 Å². The van der Waals surface area contributed by atoms with Crippen molar-refractivity contribution < 1.29 is 33.4 Å². The molecule has 15 rings (SSSR count). The Morgan fingerprint density at radius 1 is 0.393 bits per heavy atom. The van der Waals surface area contributed by atoms with Gasteiger partial charge in [0, 0.05) is 83.7 Å². The predicted molar refractivity (Wildman–Crippen MR) is 422 cm³/mol. The maximum absolute atomic E-state index is 12.5. The summed E-state index contributed by atoms with van der Waals surface area (Å²) in [6.45, 7) is 19.2. The minimum Gasteiger partial charge on any atom is -0.469 e. The Morgan fingerprint density at radius 3 is 1.08 bits per heavy atom. The van der Waals surface area contributed by atoms with Crippen LogP contribution in [-0.4, -0.2) is 107 Å². The Labute approximate surface area is 632 Å². The number of fused-ring (bicyclic) bond motifs is 9. The zero-order valence-corrected chi connectivity index (χ0v) is 64.0. The summed E-state index contributed by atoms with van der Waals surface area (Å²) >= 11 is 5.06. The first-order valence-corrected chi connectivity index (χ1v) is 37.5. The number of carbonyl (C=O) groups excluding carboxylic acids is 4. The third kappa shape index (κ3) is 15.8. The molecule has 3 N–H and O–H groups in total. The Balaban J connectivity index is 0.000000142. The summed E-state index contributed by atoms with van der Waals surface area (Å²) in [5.41, 5.74) is 18.1. The standard InChI is InChI=1S/C29H29N5O3S.C27H27N5O2S.C26H25N5O2S/c1-17-18(2)38-29-26(17)27(31-23(16-25(36)37-4)28-33-32-19(3)34(28)29)21-11-13-22(14-12-21)30-24(35)15-10-20-8-6-5-7-9-20;1-16-17(2)35-27-24(16)25(29-22(14-23(33)34-4)26-31-30-18(3)32(26)27)20-10-12-21(13-11-20)28-15-19-8-6-5-7-9-19;1-15-16(2)34-26-23(15)24(18-10-12-20(13-11-18)27-19-8-6-5-7-9-19)28-21(14-22(32)33-4)25-30-29-17(3)31(25)26/h5-9,11-14,23H,10,15-16H2,1-4H3,(H,30,35);5-13,22,28H,14-15H2,1-4H3;5-13,21,27H,14H2,1-4H3/t23-;22-;21-/m000/s1. The fraction of sp³-hybridized carbons (Fsp3) is 0.256. The summed E-state index contributed by atoms with van der Waals surface area (Å²) in [4.78, 5) is 68.2. The number of aryl methyl sites for hydroxylation is 7. The molecule has 0 radical (unpaired) electrons. The molecule has 544 valence electrons. The van der Waals surface area contributed by atoms with Crippen molar-refractivity contribution in [3.8, 4) is 15.0 Å². The van der Waals surface area contributed by atoms with E-state index in [4.69, 9.17) is 29.2 Å². The van der Waals surface area contributed by atoms with Gasteiger partial charge in [0.15, 0.2) is 17.5 Å². The highest BCUT2D eigenvalue weighted by Gasteiger charge is 2.36. The average molecular weight is 1480 g/mol. The van der Waals surface area contributed by atoms with Gasteiger partial charge in [0.2, 0.25) is 5.91 Å². The molecule has 107 heavy (non-hydrogen) atoms. The molecule has 0 aliphatic carbocycles. The summed E-state index contributed by atoms with van der Waals surface area (Å²) < 4.78 is 21.0. The van der Waals surface area contributed by atoms with Gasteiger partial charge < -0.3 is 30.2 Å². The largest absolute Gasteiger partial charge is 0.469 e. The van der Waals surface area contributed by atoms with Crippen molar-refractivity contribution in [3.05, 3.63) is 275 Å². The molecule has 22 nitrogen and oxygen atoms in total. The summed E-state index contributed by atoms with van der Waals surface area (Å²) in [5, 5.41) is 39.1. The Hall–Kier alpha value is -11.7. The van der Waals surface area contributed by atoms with E-state index in [1.54, 1.807) is 34.0 Å². The molecule has 3 aliphatic rings. The Kier molecular flexibility index (Phi) is 22.3. The fourth-order valence-electron chi connectivity index (χ4n) is 13.1. The smallest absolute Gasteiger partial charge is 0.308 e. The molecule has 0 saturated heterocycles. The van der Waals surface area contributed by atoms with Gasteiger partial charge in [-0.1, -0.05) is 115 Å². The number of carbonyl (C=O) groups is 4. The fourth-order valence-corrected chi connectivity index (χ4v) is 16.7. The topological polar surface area (TPSA) is 261 Å². The van der Waals surface area contributed by atoms with E-state index in [9.17, 15) is 19.2 Å². The number of nitrogens with one attached hydrogen (secondary N) is 3. The number of hydrogen-bond donors (Lipinski definition) is 3. The maximum Gasteiger partial charge on any atom is 0.308 e. The van der Waals surface area contributed by atoms with Crippen molar-refractivity contribution in [3.63, 3.8) is 0 Å². The van der Waals surface area contributed by atoms with Gasteiger partial charge in [0.25, 0.3) is 0 Å². The van der Waals surface area contributed by atoms with Crippen molar-refractivity contribution >= 4 is 97.7 Å². The van der Waals surface area contributed by atoms with Crippen LogP contribution in [0.2, 0.25) is 0 Å². The number of amides is 1. The van der Waals surface area contributed by atoms with E-state index in [-0.39, 0.29) is 43.1 Å². The van der Waals surface area contributed by atoms with E-state index >= 15 is 0 Å². The summed E-state index contributed by atoms with van der Waals surface area (Å²) in [5.74, 6) is 3.15. The van der Waals surface area contributed by atoms with Crippen LogP contribution < -0.4 is 16.0 Å². The van der Waals surface area contributed by atoms with Crippen molar-refractivity contribution in [1.82, 2.24) is 44.3 Å². The molecular formula is C82H81N15O7S3. The van der Waals surface area contributed by atoms with Crippen LogP contribution in [0.1, 0.15) is 155 Å². The molecule has 12 aromatic rings. The number of benzene rings is 6. The number of hydrogen-bond acceptors (Lipinski definition) is 21. The number of ether oxygens (including phenoxy) is 3. The van der Waals surface area contributed by atoms with E-state index in [2.05, 4.69) is 137 Å². The number of nitrogens with zero attached hydrogens (tertiary/aromatic N) is 12. The van der Waals surface area contributed by atoms with Gasteiger partial charge in [0.05, 0.1) is 57.7 Å². The molecule has 3 atom stereocenters. The number of aromatic nitrogens is 9. The number of thiophene rings is 3. The van der Waals surface area contributed by atoms with Crippen molar-refractivity contribution in [2.45, 2.75) is 119 Å². The van der Waals surface area contributed by atoms with Gasteiger partial charge in [-0.3, -0.25) is 47.9 Å². The molecule has 0 fully saturated rings. The van der Waals surface area contributed by atoms with Crippen LogP contribution in [0.25, 0.3) is 15.0 Å². The van der Waals surface area contributed by atoms with Crippen LogP contribution in [0.4, 0.5) is 22.7 Å². The molecule has 0 spiro atoms. The zero-order valence-electron chi connectivity index (χ0n) is 61.5. The van der Waals surface area contributed by atoms with E-state index in [1.807, 2.05) is 150 Å². The van der Waals surface area contributed by atoms with Gasteiger partial charge in [-0.05, 0) is 145 Å². The summed E-state index contributed by atoms with van der Waals surface area (Å²) in [6, 6.07) is 53.0. The van der Waals surface area contributed by atoms with Gasteiger partial charge in [-0.2, -0.15) is 0 Å². The Bertz CT molecular complexity index is 5360. The lowest BCUT2D eigenvalue weighted by Gasteiger charge is -2.12. The molecule has 25 heteroatoms. The molecule has 0 unspecified atom stereocenters. The second kappa shape index (κ2) is 32.4. The second-order valence-corrected chi connectivity index (χ2v) is 29.7. The lowest BCUT2D eigenvalue weighted by Crippen LogP contribution is -2.13. The monoisotopic (exact) mass is 1480 g/mol. The molecule has 0 bridgehead atoms. The first kappa shape index (κ1) is 73.6. The molecule has 0 saturated carbocycles. The summed E-state index contributed by atoms with van der Waals surface area (Å²) in [7, 11) is 4.16. The van der Waals surface area contributed by atoms with Crippen LogP contribution in [0.5, 0.6) is 0 Å². The first-order valence-electron chi connectivity index (χ1n) is 35.0. The van der Waals surface area contributed by atoms with Crippen molar-refractivity contribution in [2.24, 2.45) is 15.0 Å². The number of aliphatic imine (C=N–C) groups is 3. The summed E-state index contributed by atoms with van der Waals surface area (Å²) in [6.07, 6.45) is 1.34. The number of rotatable bonds is 18. The lowest BCUT2D eigenvalue weighted by molar-refractivity contribution is -0.142. The minimum absolute atomic E-state index is 0.0356. The molecule has 3 aliphatic heterocycles. The molecule has 1 amide bonds. The maximum atomic E-state index is 12.5. The normalized spacial score (nSPS) is 14.4. The third-order valence-electron chi connectivity index (χ3n) is 19.1. The highest BCUT2D eigenvalue weighted by Crippen LogP contribution is 2.44. The van der Waals surface area contributed by atoms with Gasteiger partial charge in [-0.15, -0.1) is 64.6 Å². The van der Waals surface area contributed by atoms with E-state index in [1.165, 1.54) is 52.7 Å². The van der Waals surface area contributed by atoms with Gasteiger partial charge >= 0.3 is 17.9 Å². The van der Waals surface area contributed by atoms with Crippen molar-refractivity contribution in [2.75, 3.05) is 37.3 Å². The van der Waals surface area contributed by atoms with E-state index < -0.39 is 18.1 Å². The SMILES string of the molecule is COC(=O)C[C@@H]1N=C(c2ccc(NC(=O)CCc3ccccc3)cc2)c2c(sc(C)c2C)-n2c(C)nnc21.COC(=O)C[C@@H]1N=C(c2ccc(NCc3ccccc3)cc2)c2c(sc(C)c2C)-n2c(C)nnc21.COC(=O)C[C@@H]1N=C(c2ccc(Nc3ccccc3)cc2)c2c(sc(C)c2C)-n2c(C)nnc21. The van der Waals surface area contributed by atoms with Crippen LogP contribution in [0, 0.1) is 62.3 Å². The van der Waals surface area contributed by atoms with E-state index in [0.717, 1.165) is 123 Å². The first-order chi connectivity index (χ1) is 51.8. The van der Waals surface area contributed by atoms with Crippen LogP contribution in [-0.2, 0) is 46.4 Å². The predicted octanol–water partition coefficient (Wildman–Crippen LogP) is 16.1. The van der Waals surface area contributed by atoms with Crippen LogP contribution in [0.3, 0.4) is 0 Å². The van der Waals surface area contributed by atoms with Crippen molar-refractivity contribution in [1.29, 1.82) is 0 Å². The molecule has 9 heterocycles. The highest BCUT2D eigenvalue weighted by molar-refractivity contribution is 7.15. The molecular weight excluding hydrogens is 1400 g/mol. The second-order valence-electron chi connectivity index (χ2n) is 26.1. The highest BCUT2D eigenvalue weighted by atomic mass is 32.1. The molecule has 6 aromatic carbocycles. The number of para-hydroxylation sites is 1. The van der Waals surface area contributed by atoms with Gasteiger partial charge in [-0.25, -0.2) is 0 Å². The number of esters is 3. The van der Waals surface area contributed by atoms with Crippen LogP contribution in [0.15, 0.2) is 179 Å². The third-order valence-corrected chi connectivity index (χ3v) is 22.7. The zero-order chi connectivity index (χ0) is 75.2. The minimum atomic E-state index is -0.546. The molecule has 6 aromatic heterocycles. The quantitative estimate of drug-likeness (QED) is 0.0533. The number of methoxy groups -OCH3 is 3. The number of anilines is 4. The van der Waals surface area contributed by atoms with Gasteiger partial charge in [0.1, 0.15) is 50.6 Å². The lowest BCUT2D eigenvalue weighted by atomic mass is 9.99. The Morgan fingerprint density at radius 2 is 0.720 bits per heavy atom. The average Bonchev–Trinajstić information content (AvgIpc) is 1.61. The van der Waals surface area contributed by atoms with E-state index in [0.29, 0.717) is 30.3 Å².